The van der Waals surface area contributed by atoms with Gasteiger partial charge >= 0.3 is 24.4 Å². The summed E-state index contributed by atoms with van der Waals surface area (Å²) < 4.78 is 80.0. The SMILES string of the molecule is CC(C)(C)OC(=O)N(c1ccc2c(c1)oc(=O)n2CC(=O)OC(Cc1c(Cl)c[n+]([O-])cc1Cl)c1ccc(OC(F)F)c(OCC2CC2)c1)S(C)(=O)=O. The summed E-state index contributed by atoms with van der Waals surface area (Å²) in [5, 5.41) is 11.8. The van der Waals surface area contributed by atoms with E-state index >= 15 is 0 Å². The highest BCUT2D eigenvalue weighted by Crippen LogP contribution is 2.38. The maximum atomic E-state index is 13.5. The predicted molar refractivity (Wildman–Crippen MR) is 183 cm³/mol. The first-order valence-electron chi connectivity index (χ1n) is 15.6. The molecule has 1 aliphatic carbocycles. The molecule has 0 bridgehead atoms. The number of ether oxygens (including phenoxy) is 4. The van der Waals surface area contributed by atoms with Crippen molar-refractivity contribution < 1.29 is 54.9 Å². The van der Waals surface area contributed by atoms with Crippen LogP contribution in [0.5, 0.6) is 11.5 Å². The van der Waals surface area contributed by atoms with Crippen molar-refractivity contribution in [1.29, 1.82) is 0 Å². The minimum atomic E-state index is -4.21. The molecule has 1 fully saturated rings. The second kappa shape index (κ2) is 15.2. The number of alkyl halides is 2. The van der Waals surface area contributed by atoms with Crippen molar-refractivity contribution in [3.05, 3.63) is 85.7 Å². The van der Waals surface area contributed by atoms with Gasteiger partial charge in [-0.3, -0.25) is 9.36 Å². The number of esters is 1. The van der Waals surface area contributed by atoms with Crippen LogP contribution in [-0.2, 0) is 37.3 Å². The first-order chi connectivity index (χ1) is 24.3. The van der Waals surface area contributed by atoms with Gasteiger partial charge in [-0.1, -0.05) is 29.3 Å². The van der Waals surface area contributed by atoms with Gasteiger partial charge in [0.05, 0.1) is 24.1 Å². The van der Waals surface area contributed by atoms with E-state index in [0.29, 0.717) is 9.04 Å². The lowest BCUT2D eigenvalue weighted by Gasteiger charge is -2.25. The largest absolute Gasteiger partial charge is 0.619 e. The van der Waals surface area contributed by atoms with E-state index in [1.165, 1.54) is 30.3 Å². The van der Waals surface area contributed by atoms with Gasteiger partial charge in [0, 0.05) is 18.1 Å². The molecule has 52 heavy (non-hydrogen) atoms. The topological polar surface area (TPSA) is 171 Å². The zero-order chi connectivity index (χ0) is 38.1. The van der Waals surface area contributed by atoms with Gasteiger partial charge in [-0.2, -0.15) is 17.8 Å². The van der Waals surface area contributed by atoms with Crippen molar-refractivity contribution >= 4 is 62.1 Å². The van der Waals surface area contributed by atoms with Gasteiger partial charge in [0.2, 0.25) is 10.0 Å². The number of carbonyl (C=O) groups is 2. The van der Waals surface area contributed by atoms with Crippen molar-refractivity contribution in [2.24, 2.45) is 5.92 Å². The summed E-state index contributed by atoms with van der Waals surface area (Å²) in [7, 11) is -4.21. The van der Waals surface area contributed by atoms with E-state index in [9.17, 15) is 36.8 Å². The second-order valence-corrected chi connectivity index (χ2v) is 15.6. The molecule has 4 aromatic rings. The van der Waals surface area contributed by atoms with Crippen LogP contribution >= 0.6 is 23.2 Å². The number of fused-ring (bicyclic) bond motifs is 1. The monoisotopic (exact) mass is 787 g/mol. The predicted octanol–water partition coefficient (Wildman–Crippen LogP) is 6.15. The van der Waals surface area contributed by atoms with E-state index in [2.05, 4.69) is 4.74 Å². The highest BCUT2D eigenvalue weighted by Gasteiger charge is 2.32. The lowest BCUT2D eigenvalue weighted by Crippen LogP contribution is -2.40. The number of oxazole rings is 1. The van der Waals surface area contributed by atoms with E-state index in [4.69, 9.17) is 41.8 Å². The molecule has 2 aromatic carbocycles. The Morgan fingerprint density at radius 1 is 1.10 bits per heavy atom. The summed E-state index contributed by atoms with van der Waals surface area (Å²) >= 11 is 12.6. The molecule has 5 rings (SSSR count). The molecule has 0 aliphatic heterocycles. The molecule has 2 heterocycles. The van der Waals surface area contributed by atoms with Crippen LogP contribution in [0.25, 0.3) is 11.1 Å². The molecule has 2 aromatic heterocycles. The fourth-order valence-electron chi connectivity index (χ4n) is 5.05. The zero-order valence-corrected chi connectivity index (χ0v) is 30.5. The minimum Gasteiger partial charge on any atom is -0.619 e. The van der Waals surface area contributed by atoms with Gasteiger partial charge in [-0.05, 0) is 69.4 Å². The van der Waals surface area contributed by atoms with E-state index < -0.39 is 52.7 Å². The number of carbonyl (C=O) groups excluding carboxylic acids is 2. The molecule has 0 N–H and O–H groups in total. The Morgan fingerprint density at radius 3 is 2.37 bits per heavy atom. The number of hydrogen-bond donors (Lipinski definition) is 0. The van der Waals surface area contributed by atoms with Crippen molar-refractivity contribution in [3.63, 3.8) is 0 Å². The van der Waals surface area contributed by atoms with Crippen LogP contribution in [0.2, 0.25) is 10.0 Å². The van der Waals surface area contributed by atoms with Gasteiger partial charge in [-0.25, -0.2) is 18.0 Å². The number of pyridine rings is 1. The number of halogens is 4. The molecular weight excluding hydrogens is 755 g/mol. The lowest BCUT2D eigenvalue weighted by molar-refractivity contribution is -0.605. The van der Waals surface area contributed by atoms with Gasteiger partial charge in [-0.15, -0.1) is 0 Å². The number of anilines is 1. The maximum Gasteiger partial charge on any atom is 0.428 e. The second-order valence-electron chi connectivity index (χ2n) is 12.9. The Hall–Kier alpha value is -4.61. The van der Waals surface area contributed by atoms with Gasteiger partial charge in [0.25, 0.3) is 0 Å². The fraction of sp³-hybridized carbons (Fsp3) is 0.394. The lowest BCUT2D eigenvalue weighted by atomic mass is 10.0. The van der Waals surface area contributed by atoms with Crippen LogP contribution in [0.4, 0.5) is 19.3 Å². The molecule has 0 saturated heterocycles. The van der Waals surface area contributed by atoms with Crippen LogP contribution in [0.3, 0.4) is 0 Å². The van der Waals surface area contributed by atoms with E-state index in [0.717, 1.165) is 42.1 Å². The highest BCUT2D eigenvalue weighted by molar-refractivity contribution is 7.92. The molecule has 1 unspecified atom stereocenters. The molecular formula is C33H33Cl2F2N3O11S. The van der Waals surface area contributed by atoms with E-state index in [1.807, 2.05) is 0 Å². The third kappa shape index (κ3) is 9.63. The zero-order valence-electron chi connectivity index (χ0n) is 28.1. The summed E-state index contributed by atoms with van der Waals surface area (Å²) in [6.45, 7) is 1.06. The molecule has 1 aliphatic rings. The summed E-state index contributed by atoms with van der Waals surface area (Å²) in [4.78, 5) is 39.3. The smallest absolute Gasteiger partial charge is 0.428 e. The third-order valence-electron chi connectivity index (χ3n) is 7.51. The van der Waals surface area contributed by atoms with Crippen molar-refractivity contribution in [3.8, 4) is 11.5 Å². The Morgan fingerprint density at radius 2 is 1.77 bits per heavy atom. The highest BCUT2D eigenvalue weighted by atomic mass is 35.5. The quantitative estimate of drug-likeness (QED) is 0.0865. The molecule has 1 amide bonds. The average Bonchev–Trinajstić information content (AvgIpc) is 3.78. The van der Waals surface area contributed by atoms with E-state index in [1.54, 1.807) is 20.8 Å². The van der Waals surface area contributed by atoms with Crippen LogP contribution in [0.15, 0.2) is 58.0 Å². The first-order valence-corrected chi connectivity index (χ1v) is 18.2. The number of amides is 1. The molecule has 0 radical (unpaired) electrons. The minimum absolute atomic E-state index is 0.0317. The average molecular weight is 789 g/mol. The van der Waals surface area contributed by atoms with Crippen LogP contribution in [-0.4, -0.2) is 50.1 Å². The Balaban J connectivity index is 1.46. The Kier molecular flexibility index (Phi) is 11.3. The van der Waals surface area contributed by atoms with Gasteiger partial charge in [0.1, 0.15) is 28.3 Å². The number of benzene rings is 2. The van der Waals surface area contributed by atoms with Crippen LogP contribution < -0.4 is 24.3 Å². The first kappa shape index (κ1) is 38.6. The van der Waals surface area contributed by atoms with Crippen molar-refractivity contribution in [1.82, 2.24) is 4.57 Å². The van der Waals surface area contributed by atoms with Gasteiger partial charge < -0.3 is 28.6 Å². The molecule has 0 spiro atoms. The Labute approximate surface area is 305 Å². The third-order valence-corrected chi connectivity index (χ3v) is 9.19. The fourth-order valence-corrected chi connectivity index (χ4v) is 6.46. The van der Waals surface area contributed by atoms with Crippen molar-refractivity contribution in [2.75, 3.05) is 17.2 Å². The molecule has 19 heteroatoms. The normalized spacial score (nSPS) is 13.9. The number of rotatable bonds is 13. The van der Waals surface area contributed by atoms with Gasteiger partial charge in [0.15, 0.2) is 29.5 Å². The van der Waals surface area contributed by atoms with Crippen molar-refractivity contribution in [2.45, 2.75) is 64.9 Å². The summed E-state index contributed by atoms with van der Waals surface area (Å²) in [5.41, 5.74) is -0.851. The van der Waals surface area contributed by atoms with Crippen LogP contribution in [0, 0.1) is 11.1 Å². The summed E-state index contributed by atoms with van der Waals surface area (Å²) in [6, 6.07) is 7.59. The molecule has 280 valence electrons. The molecule has 1 saturated carbocycles. The van der Waals surface area contributed by atoms with E-state index in [-0.39, 0.29) is 68.4 Å². The number of aromatic nitrogens is 2. The molecule has 14 nitrogen and oxygen atoms in total. The Bertz CT molecular complexity index is 2140. The van der Waals surface area contributed by atoms with Crippen LogP contribution in [0.1, 0.15) is 50.8 Å². The standard InChI is InChI=1S/C33H33Cl2F2N3O11S/c1-33(2,3)51-32(43)40(52(4,45)46)20-8-9-24-27(12-20)50-31(42)39(24)16-29(41)48-26(13-21-22(34)14-38(44)15-23(21)35)19-7-10-25(49-30(36)37)28(11-19)47-17-18-5-6-18/h7-12,14-15,18,26,30H,5-6,13,16-17H2,1-4H3. The molecule has 1 atom stereocenters. The maximum absolute atomic E-state index is 13.5. The number of sulfonamides is 1. The summed E-state index contributed by atoms with van der Waals surface area (Å²) in [6.07, 6.45) is 2.12. The number of nitrogens with zero attached hydrogens (tertiary/aromatic N) is 3. The number of hydrogen-bond acceptors (Lipinski definition) is 11. The summed E-state index contributed by atoms with van der Waals surface area (Å²) in [5.74, 6) is -2.01.